The topological polar surface area (TPSA) is 43.9 Å². The van der Waals surface area contributed by atoms with Crippen LogP contribution in [-0.2, 0) is 9.59 Å². The van der Waals surface area contributed by atoms with Crippen LogP contribution in [0.1, 0.15) is 0 Å². The summed E-state index contributed by atoms with van der Waals surface area (Å²) < 4.78 is 0. The van der Waals surface area contributed by atoms with E-state index in [1.165, 1.54) is 6.08 Å². The number of amides is 2. The molecule has 2 rings (SSSR count). The van der Waals surface area contributed by atoms with Crippen molar-refractivity contribution in [3.05, 3.63) is 12.7 Å². The predicted octanol–water partition coefficient (Wildman–Crippen LogP) is -0.843. The van der Waals surface area contributed by atoms with E-state index in [4.69, 9.17) is 0 Å². The second-order valence-electron chi connectivity index (χ2n) is 4.28. The van der Waals surface area contributed by atoms with Gasteiger partial charge in [-0.1, -0.05) is 6.58 Å². The number of rotatable bonds is 3. The maximum Gasteiger partial charge on any atom is 0.246 e. The number of carbonyl (C=O) groups excluding carboxylic acids is 2. The molecule has 0 bridgehead atoms. The maximum absolute atomic E-state index is 11.3. The van der Waals surface area contributed by atoms with Gasteiger partial charge in [-0.25, -0.2) is 0 Å². The molecule has 0 N–H and O–H groups in total. The van der Waals surface area contributed by atoms with E-state index in [2.05, 4.69) is 11.5 Å². The Morgan fingerprint density at radius 1 is 1.19 bits per heavy atom. The van der Waals surface area contributed by atoms with Gasteiger partial charge in [-0.3, -0.25) is 14.5 Å². The van der Waals surface area contributed by atoms with Crippen molar-refractivity contribution < 1.29 is 9.59 Å². The SMILES string of the molecule is C=CC(=O)N1CC(N2CCN(C=O)CC2)C1. The van der Waals surface area contributed by atoms with E-state index in [0.29, 0.717) is 6.04 Å². The molecular formula is C11H17N3O2. The molecule has 2 heterocycles. The van der Waals surface area contributed by atoms with Gasteiger partial charge >= 0.3 is 0 Å². The van der Waals surface area contributed by atoms with Crippen LogP contribution in [0.3, 0.4) is 0 Å². The van der Waals surface area contributed by atoms with Gasteiger partial charge in [-0.05, 0) is 6.08 Å². The molecule has 16 heavy (non-hydrogen) atoms. The number of hydrogen-bond acceptors (Lipinski definition) is 3. The average Bonchev–Trinajstić information content (AvgIpc) is 2.27. The predicted molar refractivity (Wildman–Crippen MR) is 59.8 cm³/mol. The molecule has 0 aromatic rings. The van der Waals surface area contributed by atoms with Crippen molar-refractivity contribution in [1.82, 2.24) is 14.7 Å². The van der Waals surface area contributed by atoms with Gasteiger partial charge in [-0.15, -0.1) is 0 Å². The standard InChI is InChI=1S/C11H17N3O2/c1-2-11(16)14-7-10(8-14)13-5-3-12(9-15)4-6-13/h2,9-10H,1,3-8H2. The van der Waals surface area contributed by atoms with Gasteiger partial charge in [0.2, 0.25) is 12.3 Å². The van der Waals surface area contributed by atoms with Gasteiger partial charge in [0.15, 0.2) is 0 Å². The summed E-state index contributed by atoms with van der Waals surface area (Å²) >= 11 is 0. The summed E-state index contributed by atoms with van der Waals surface area (Å²) in [4.78, 5) is 27.7. The van der Waals surface area contributed by atoms with E-state index in [1.807, 2.05) is 0 Å². The van der Waals surface area contributed by atoms with Crippen LogP contribution in [0.15, 0.2) is 12.7 Å². The first-order chi connectivity index (χ1) is 7.74. The zero-order valence-corrected chi connectivity index (χ0v) is 9.34. The monoisotopic (exact) mass is 223 g/mol. The molecule has 88 valence electrons. The number of carbonyl (C=O) groups is 2. The third-order valence-corrected chi connectivity index (χ3v) is 3.36. The zero-order valence-electron chi connectivity index (χ0n) is 9.34. The highest BCUT2D eigenvalue weighted by atomic mass is 16.2. The normalized spacial score (nSPS) is 22.8. The lowest BCUT2D eigenvalue weighted by Crippen LogP contribution is -2.63. The van der Waals surface area contributed by atoms with Crippen LogP contribution in [0.4, 0.5) is 0 Å². The Hall–Kier alpha value is -1.36. The summed E-state index contributed by atoms with van der Waals surface area (Å²) in [7, 11) is 0. The number of likely N-dealkylation sites (tertiary alicyclic amines) is 1. The summed E-state index contributed by atoms with van der Waals surface area (Å²) in [5, 5.41) is 0. The first-order valence-electron chi connectivity index (χ1n) is 5.59. The van der Waals surface area contributed by atoms with E-state index >= 15 is 0 Å². The van der Waals surface area contributed by atoms with Crippen LogP contribution in [0.2, 0.25) is 0 Å². The highest BCUT2D eigenvalue weighted by molar-refractivity contribution is 5.87. The molecule has 2 aliphatic rings. The fraction of sp³-hybridized carbons (Fsp3) is 0.636. The molecule has 2 saturated heterocycles. The highest BCUT2D eigenvalue weighted by Gasteiger charge is 2.34. The van der Waals surface area contributed by atoms with E-state index in [9.17, 15) is 9.59 Å². The Bertz CT molecular complexity index is 292. The van der Waals surface area contributed by atoms with Crippen LogP contribution in [0.25, 0.3) is 0 Å². The van der Waals surface area contributed by atoms with Gasteiger partial charge in [-0.2, -0.15) is 0 Å². The molecule has 0 saturated carbocycles. The Morgan fingerprint density at radius 2 is 1.81 bits per heavy atom. The molecule has 0 spiro atoms. The van der Waals surface area contributed by atoms with Crippen LogP contribution >= 0.6 is 0 Å². The highest BCUT2D eigenvalue weighted by Crippen LogP contribution is 2.16. The largest absolute Gasteiger partial charge is 0.343 e. The van der Waals surface area contributed by atoms with E-state index in [1.54, 1.807) is 9.80 Å². The summed E-state index contributed by atoms with van der Waals surface area (Å²) in [5.41, 5.74) is 0. The molecular weight excluding hydrogens is 206 g/mol. The molecule has 2 fully saturated rings. The third-order valence-electron chi connectivity index (χ3n) is 3.36. The van der Waals surface area contributed by atoms with Crippen LogP contribution in [-0.4, -0.2) is 72.3 Å². The average molecular weight is 223 g/mol. The molecule has 5 heteroatoms. The lowest BCUT2D eigenvalue weighted by Gasteiger charge is -2.47. The molecule has 2 aliphatic heterocycles. The van der Waals surface area contributed by atoms with Crippen molar-refractivity contribution in [1.29, 1.82) is 0 Å². The summed E-state index contributed by atoms with van der Waals surface area (Å²) in [6.07, 6.45) is 2.27. The van der Waals surface area contributed by atoms with E-state index in [-0.39, 0.29) is 5.91 Å². The Labute approximate surface area is 95.3 Å². The fourth-order valence-corrected chi connectivity index (χ4v) is 2.20. The van der Waals surface area contributed by atoms with Crippen molar-refractivity contribution in [3.8, 4) is 0 Å². The first-order valence-corrected chi connectivity index (χ1v) is 5.59. The van der Waals surface area contributed by atoms with E-state index in [0.717, 1.165) is 45.7 Å². The third kappa shape index (κ3) is 2.09. The Balaban J connectivity index is 1.74. The van der Waals surface area contributed by atoms with Gasteiger partial charge in [0.1, 0.15) is 0 Å². The molecule has 0 unspecified atom stereocenters. The van der Waals surface area contributed by atoms with Crippen molar-refractivity contribution in [2.75, 3.05) is 39.3 Å². The van der Waals surface area contributed by atoms with Crippen molar-refractivity contribution in [3.63, 3.8) is 0 Å². The minimum Gasteiger partial charge on any atom is -0.343 e. The van der Waals surface area contributed by atoms with Crippen LogP contribution < -0.4 is 0 Å². The van der Waals surface area contributed by atoms with Gasteiger partial charge < -0.3 is 9.80 Å². The number of nitrogens with zero attached hydrogens (tertiary/aromatic N) is 3. The van der Waals surface area contributed by atoms with Crippen LogP contribution in [0.5, 0.6) is 0 Å². The summed E-state index contributed by atoms with van der Waals surface area (Å²) in [6, 6.07) is 0.470. The maximum atomic E-state index is 11.3. The number of hydrogen-bond donors (Lipinski definition) is 0. The smallest absolute Gasteiger partial charge is 0.246 e. The summed E-state index contributed by atoms with van der Waals surface area (Å²) in [5.74, 6) is 0.0165. The quantitative estimate of drug-likeness (QED) is 0.463. The molecule has 0 aromatic carbocycles. The number of piperazine rings is 1. The van der Waals surface area contributed by atoms with Gasteiger partial charge in [0.05, 0.1) is 0 Å². The minimum absolute atomic E-state index is 0.0165. The van der Waals surface area contributed by atoms with Crippen molar-refractivity contribution >= 4 is 12.3 Å². The zero-order chi connectivity index (χ0) is 11.5. The second kappa shape index (κ2) is 4.65. The Kier molecular flexibility index (Phi) is 3.24. The van der Waals surface area contributed by atoms with Gasteiger partial charge in [0, 0.05) is 45.3 Å². The lowest BCUT2D eigenvalue weighted by atomic mass is 10.1. The first kappa shape index (κ1) is 11.1. The minimum atomic E-state index is 0.0165. The Morgan fingerprint density at radius 3 is 2.31 bits per heavy atom. The molecule has 0 aromatic heterocycles. The second-order valence-corrected chi connectivity index (χ2v) is 4.28. The van der Waals surface area contributed by atoms with Crippen molar-refractivity contribution in [2.45, 2.75) is 6.04 Å². The molecule has 5 nitrogen and oxygen atoms in total. The van der Waals surface area contributed by atoms with Crippen molar-refractivity contribution in [2.24, 2.45) is 0 Å². The molecule has 0 radical (unpaired) electrons. The van der Waals surface area contributed by atoms with Crippen LogP contribution in [0, 0.1) is 0 Å². The lowest BCUT2D eigenvalue weighted by molar-refractivity contribution is -0.134. The molecule has 0 aliphatic carbocycles. The molecule has 2 amide bonds. The fourth-order valence-electron chi connectivity index (χ4n) is 2.20. The van der Waals surface area contributed by atoms with Gasteiger partial charge in [0.25, 0.3) is 0 Å². The summed E-state index contributed by atoms with van der Waals surface area (Å²) in [6.45, 7) is 8.50. The van der Waals surface area contributed by atoms with E-state index < -0.39 is 0 Å². The molecule has 0 atom stereocenters.